The number of non-ortho nitro benzene ring substituents is 1. The summed E-state index contributed by atoms with van der Waals surface area (Å²) in [5.74, 6) is -0.139. The molecule has 1 saturated heterocycles. The number of likely N-dealkylation sites (tertiary alicyclic amines) is 1. The van der Waals surface area contributed by atoms with Gasteiger partial charge in [0.2, 0.25) is 0 Å². The van der Waals surface area contributed by atoms with E-state index in [1.807, 2.05) is 51.1 Å². The van der Waals surface area contributed by atoms with Crippen molar-refractivity contribution in [2.45, 2.75) is 39.0 Å². The Balaban J connectivity index is 1.56. The molecule has 8 heteroatoms. The van der Waals surface area contributed by atoms with E-state index in [9.17, 15) is 14.9 Å². The highest BCUT2D eigenvalue weighted by atomic mass is 19.1. The first-order valence-corrected chi connectivity index (χ1v) is 10.4. The molecule has 2 unspecified atom stereocenters. The van der Waals surface area contributed by atoms with Gasteiger partial charge in [-0.3, -0.25) is 14.6 Å². The number of fused-ring (bicyclic) bond motifs is 1. The van der Waals surface area contributed by atoms with Gasteiger partial charge in [-0.2, -0.15) is 0 Å². The van der Waals surface area contributed by atoms with Crippen LogP contribution in [0.4, 0.5) is 20.6 Å². The summed E-state index contributed by atoms with van der Waals surface area (Å²) in [6.07, 6.45) is -0.436. The van der Waals surface area contributed by atoms with Crippen LogP contribution in [0, 0.1) is 27.8 Å². The predicted octanol–water partition coefficient (Wildman–Crippen LogP) is 4.39. The fourth-order valence-electron chi connectivity index (χ4n) is 4.82. The summed E-state index contributed by atoms with van der Waals surface area (Å²) in [6.45, 7) is 7.34. The number of quaternary nitrogens is 1. The van der Waals surface area contributed by atoms with E-state index in [0.29, 0.717) is 29.8 Å². The van der Waals surface area contributed by atoms with E-state index in [1.165, 1.54) is 12.1 Å². The summed E-state index contributed by atoms with van der Waals surface area (Å²) in [6, 6.07) is 13.7. The maximum Gasteiger partial charge on any atom is 0.407 e. The van der Waals surface area contributed by atoms with E-state index in [0.717, 1.165) is 11.6 Å². The van der Waals surface area contributed by atoms with Gasteiger partial charge in [0.05, 0.1) is 24.1 Å². The highest BCUT2D eigenvalue weighted by Crippen LogP contribution is 2.52. The Kier molecular flexibility index (Phi) is 5.21. The number of rotatable bonds is 5. The monoisotopic (exact) mass is 428 g/mol. The Labute approximate surface area is 180 Å². The van der Waals surface area contributed by atoms with Crippen LogP contribution in [-0.4, -0.2) is 35.7 Å². The number of hydrogen-bond donors (Lipinski definition) is 1. The van der Waals surface area contributed by atoms with Crippen molar-refractivity contribution in [1.29, 1.82) is 0 Å². The number of nitro groups is 1. The van der Waals surface area contributed by atoms with Crippen molar-refractivity contribution < 1.29 is 18.8 Å². The topological polar surface area (TPSA) is 81.5 Å². The van der Waals surface area contributed by atoms with Gasteiger partial charge in [0, 0.05) is 35.6 Å². The molecule has 1 aliphatic carbocycles. The van der Waals surface area contributed by atoms with Crippen LogP contribution in [0.3, 0.4) is 0 Å². The number of halogens is 1. The molecule has 2 aromatic rings. The van der Waals surface area contributed by atoms with Crippen molar-refractivity contribution in [3.05, 3.63) is 70.0 Å². The molecule has 4 rings (SSSR count). The zero-order valence-corrected chi connectivity index (χ0v) is 17.9. The molecule has 0 spiro atoms. The summed E-state index contributed by atoms with van der Waals surface area (Å²) in [7, 11) is 0. The smallest absolute Gasteiger partial charge is 0.407 e. The number of amides is 1. The molecule has 2 aromatic carbocycles. The second-order valence-corrected chi connectivity index (χ2v) is 9.55. The minimum absolute atomic E-state index is 0.0120. The fourth-order valence-corrected chi connectivity index (χ4v) is 4.82. The lowest BCUT2D eigenvalue weighted by Crippen LogP contribution is -2.51. The van der Waals surface area contributed by atoms with Crippen LogP contribution in [-0.2, 0) is 11.3 Å². The second kappa shape index (κ2) is 7.60. The first kappa shape index (κ1) is 21.2. The van der Waals surface area contributed by atoms with Gasteiger partial charge in [0.1, 0.15) is 12.1 Å². The van der Waals surface area contributed by atoms with E-state index in [1.54, 1.807) is 0 Å². The average Bonchev–Trinajstić information content (AvgIpc) is 3.12. The van der Waals surface area contributed by atoms with E-state index in [4.69, 9.17) is 4.74 Å². The Morgan fingerprint density at radius 2 is 1.84 bits per heavy atom. The molecule has 164 valence electrons. The van der Waals surface area contributed by atoms with Crippen molar-refractivity contribution in [2.24, 2.45) is 11.8 Å². The SMILES string of the molecule is CC(C)(C)OC(=O)NC1[C@H]2C[N+](Cc3ccccc3)(c3ccc([N+](=O)[O-])cc3F)C[C@@H]12. The van der Waals surface area contributed by atoms with Gasteiger partial charge in [0.25, 0.3) is 5.69 Å². The van der Waals surface area contributed by atoms with Gasteiger partial charge in [-0.05, 0) is 20.8 Å². The second-order valence-electron chi connectivity index (χ2n) is 9.55. The van der Waals surface area contributed by atoms with Crippen LogP contribution >= 0.6 is 0 Å². The molecule has 1 saturated carbocycles. The number of ether oxygens (including phenoxy) is 1. The first-order valence-electron chi connectivity index (χ1n) is 10.4. The highest BCUT2D eigenvalue weighted by molar-refractivity contribution is 5.69. The number of nitrogens with zero attached hydrogens (tertiary/aromatic N) is 2. The Hall–Kier alpha value is -3.00. The molecule has 0 radical (unpaired) electrons. The van der Waals surface area contributed by atoms with Crippen molar-refractivity contribution in [2.75, 3.05) is 13.1 Å². The zero-order chi connectivity index (χ0) is 22.4. The summed E-state index contributed by atoms with van der Waals surface area (Å²) in [4.78, 5) is 22.6. The minimum Gasteiger partial charge on any atom is -0.444 e. The lowest BCUT2D eigenvalue weighted by atomic mass is 10.1. The van der Waals surface area contributed by atoms with Crippen LogP contribution in [0.1, 0.15) is 26.3 Å². The van der Waals surface area contributed by atoms with Crippen LogP contribution in [0.25, 0.3) is 0 Å². The summed E-state index contributed by atoms with van der Waals surface area (Å²) in [5.41, 5.74) is 0.701. The lowest BCUT2D eigenvalue weighted by Gasteiger charge is -2.36. The van der Waals surface area contributed by atoms with Crippen LogP contribution < -0.4 is 9.80 Å². The molecular formula is C23H27FN3O4+. The molecule has 1 amide bonds. The molecule has 7 nitrogen and oxygen atoms in total. The normalized spacial score (nSPS) is 26.8. The third kappa shape index (κ3) is 4.39. The average molecular weight is 428 g/mol. The summed E-state index contributed by atoms with van der Waals surface area (Å²) in [5, 5.41) is 14.0. The van der Waals surface area contributed by atoms with E-state index in [2.05, 4.69) is 5.32 Å². The third-order valence-corrected chi connectivity index (χ3v) is 6.12. The number of hydrogen-bond acceptors (Lipinski definition) is 4. The van der Waals surface area contributed by atoms with E-state index < -0.39 is 22.4 Å². The number of alkyl carbamates (subject to hydrolysis) is 1. The molecule has 1 aliphatic heterocycles. The van der Waals surface area contributed by atoms with E-state index in [-0.39, 0.29) is 23.6 Å². The summed E-state index contributed by atoms with van der Waals surface area (Å²) >= 11 is 0. The van der Waals surface area contributed by atoms with Crippen molar-refractivity contribution in [3.63, 3.8) is 0 Å². The van der Waals surface area contributed by atoms with Gasteiger partial charge >= 0.3 is 6.09 Å². The molecule has 0 aromatic heterocycles. The number of benzene rings is 2. The lowest BCUT2D eigenvalue weighted by molar-refractivity contribution is -0.385. The minimum atomic E-state index is -0.587. The molecule has 4 atom stereocenters. The van der Waals surface area contributed by atoms with Gasteiger partial charge in [0.15, 0.2) is 11.5 Å². The van der Waals surface area contributed by atoms with Gasteiger partial charge < -0.3 is 10.1 Å². The zero-order valence-electron chi connectivity index (χ0n) is 17.9. The molecule has 0 bridgehead atoms. The number of nitro benzene ring substituents is 1. The Bertz CT molecular complexity index is 994. The van der Waals surface area contributed by atoms with Crippen LogP contribution in [0.2, 0.25) is 0 Å². The number of nitrogens with one attached hydrogen (secondary N) is 1. The highest BCUT2D eigenvalue weighted by Gasteiger charge is 2.65. The van der Waals surface area contributed by atoms with E-state index >= 15 is 4.39 Å². The summed E-state index contributed by atoms with van der Waals surface area (Å²) < 4.78 is 20.8. The quantitative estimate of drug-likeness (QED) is 0.435. The van der Waals surface area contributed by atoms with Crippen molar-refractivity contribution >= 4 is 17.5 Å². The van der Waals surface area contributed by atoms with Gasteiger partial charge in [-0.1, -0.05) is 30.3 Å². The largest absolute Gasteiger partial charge is 0.444 e. The Morgan fingerprint density at radius 3 is 2.39 bits per heavy atom. The predicted molar refractivity (Wildman–Crippen MR) is 115 cm³/mol. The molecule has 1 heterocycles. The molecule has 1 N–H and O–H groups in total. The molecular weight excluding hydrogens is 401 g/mol. The molecule has 2 fully saturated rings. The number of carbonyl (C=O) groups excluding carboxylic acids is 1. The maximum atomic E-state index is 15.0. The first-order chi connectivity index (χ1) is 14.6. The molecule has 2 aliphatic rings. The van der Waals surface area contributed by atoms with Crippen molar-refractivity contribution in [3.8, 4) is 0 Å². The standard InChI is InChI=1S/C23H26FN3O4/c1-23(2,3)31-22(28)25-21-17-13-27(14-18(17)21,12-15-7-5-4-6-8-15)20-10-9-16(26(29)30)11-19(20)24/h4-11,17-18,21H,12-14H2,1-3H3/p+1/t17-,18+,21?,27?. The maximum absolute atomic E-state index is 15.0. The number of carbonyl (C=O) groups is 1. The van der Waals surface area contributed by atoms with Crippen LogP contribution in [0.15, 0.2) is 48.5 Å². The molecule has 31 heavy (non-hydrogen) atoms. The number of piperidine rings is 1. The third-order valence-electron chi connectivity index (χ3n) is 6.12. The Morgan fingerprint density at radius 1 is 1.19 bits per heavy atom. The fraction of sp³-hybridized carbons (Fsp3) is 0.435. The van der Waals surface area contributed by atoms with Gasteiger partial charge in [-0.25, -0.2) is 9.18 Å². The van der Waals surface area contributed by atoms with Crippen molar-refractivity contribution in [1.82, 2.24) is 9.80 Å². The van der Waals surface area contributed by atoms with Gasteiger partial charge in [-0.15, -0.1) is 0 Å². The van der Waals surface area contributed by atoms with Crippen LogP contribution in [0.5, 0.6) is 0 Å².